The van der Waals surface area contributed by atoms with Crippen LogP contribution in [0.5, 0.6) is 0 Å². The molecule has 7 nitrogen and oxygen atoms in total. The number of amides is 1. The van der Waals surface area contributed by atoms with Crippen LogP contribution in [0.15, 0.2) is 30.6 Å². The van der Waals surface area contributed by atoms with E-state index in [0.29, 0.717) is 0 Å². The van der Waals surface area contributed by atoms with E-state index in [1.54, 1.807) is 4.68 Å². The number of hydrogen-bond donors (Lipinski definition) is 2. The molecule has 1 aliphatic carbocycles. The van der Waals surface area contributed by atoms with Gasteiger partial charge in [0, 0.05) is 31.5 Å². The number of H-pyrrole nitrogens is 1. The summed E-state index contributed by atoms with van der Waals surface area (Å²) in [4.78, 5) is 20.5. The van der Waals surface area contributed by atoms with Crippen molar-refractivity contribution < 1.29 is 9.53 Å². The highest BCUT2D eigenvalue weighted by atomic mass is 16.5. The van der Waals surface area contributed by atoms with Crippen LogP contribution in [0.4, 0.5) is 5.69 Å². The summed E-state index contributed by atoms with van der Waals surface area (Å²) in [6.07, 6.45) is 6.85. The van der Waals surface area contributed by atoms with E-state index in [4.69, 9.17) is 4.74 Å². The predicted octanol–water partition coefficient (Wildman–Crippen LogP) is 2.89. The maximum absolute atomic E-state index is 12.5. The van der Waals surface area contributed by atoms with E-state index >= 15 is 0 Å². The third-order valence-corrected chi connectivity index (χ3v) is 5.28. The third kappa shape index (κ3) is 2.78. The number of nitrogens with one attached hydrogen (secondary N) is 2. The molecule has 3 heterocycles. The van der Waals surface area contributed by atoms with E-state index in [9.17, 15) is 4.79 Å². The quantitative estimate of drug-likeness (QED) is 0.757. The fourth-order valence-electron chi connectivity index (χ4n) is 3.77. The molecule has 1 saturated carbocycles. The van der Waals surface area contributed by atoms with E-state index in [1.807, 2.05) is 37.6 Å². The van der Waals surface area contributed by atoms with Crippen LogP contribution >= 0.6 is 0 Å². The number of carbonyl (C=O) groups is 1. The molecule has 1 saturated heterocycles. The van der Waals surface area contributed by atoms with Gasteiger partial charge in [-0.05, 0) is 48.9 Å². The van der Waals surface area contributed by atoms with E-state index < -0.39 is 0 Å². The maximum atomic E-state index is 12.5. The minimum absolute atomic E-state index is 0.0270. The van der Waals surface area contributed by atoms with Crippen molar-refractivity contribution in [1.29, 1.82) is 0 Å². The van der Waals surface area contributed by atoms with Crippen LogP contribution in [-0.4, -0.2) is 32.3 Å². The number of hydrogen-bond acceptors (Lipinski definition) is 4. The Morgan fingerprint density at radius 3 is 3.12 bits per heavy atom. The van der Waals surface area contributed by atoms with Gasteiger partial charge in [0.2, 0.25) is 5.91 Å². The number of fused-ring (bicyclic) bond motifs is 1. The number of anilines is 1. The lowest BCUT2D eigenvalue weighted by atomic mass is 10.2. The average molecular weight is 351 g/mol. The Bertz CT molecular complexity index is 969. The molecule has 1 amide bonds. The molecule has 2 fully saturated rings. The van der Waals surface area contributed by atoms with Gasteiger partial charge in [-0.2, -0.15) is 5.10 Å². The highest BCUT2D eigenvalue weighted by molar-refractivity contribution is 5.96. The van der Waals surface area contributed by atoms with E-state index in [0.717, 1.165) is 54.0 Å². The Morgan fingerprint density at radius 2 is 2.35 bits per heavy atom. The molecule has 7 heteroatoms. The first-order chi connectivity index (χ1) is 12.7. The predicted molar refractivity (Wildman–Crippen MR) is 96.7 cm³/mol. The van der Waals surface area contributed by atoms with Gasteiger partial charge in [0.1, 0.15) is 11.9 Å². The second-order valence-electron chi connectivity index (χ2n) is 7.24. The molecule has 26 heavy (non-hydrogen) atoms. The lowest BCUT2D eigenvalue weighted by Gasteiger charge is -2.04. The second-order valence-corrected chi connectivity index (χ2v) is 7.24. The van der Waals surface area contributed by atoms with Gasteiger partial charge in [0.05, 0.1) is 17.2 Å². The second kappa shape index (κ2) is 5.95. The Morgan fingerprint density at radius 1 is 1.42 bits per heavy atom. The molecule has 2 aromatic heterocycles. The van der Waals surface area contributed by atoms with Crippen molar-refractivity contribution in [2.75, 3.05) is 11.9 Å². The smallest absolute Gasteiger partial charge is 0.228 e. The summed E-state index contributed by atoms with van der Waals surface area (Å²) in [5, 5.41) is 7.22. The summed E-state index contributed by atoms with van der Waals surface area (Å²) < 4.78 is 7.47. The van der Waals surface area contributed by atoms with Gasteiger partial charge < -0.3 is 15.0 Å². The number of nitrogens with zero attached hydrogens (tertiary/aromatic N) is 3. The zero-order valence-corrected chi connectivity index (χ0v) is 14.6. The molecule has 5 rings (SSSR count). The Kier molecular flexibility index (Phi) is 3.56. The van der Waals surface area contributed by atoms with Crippen molar-refractivity contribution in [3.63, 3.8) is 0 Å². The van der Waals surface area contributed by atoms with Gasteiger partial charge in [-0.3, -0.25) is 9.48 Å². The van der Waals surface area contributed by atoms with Gasteiger partial charge in [-0.15, -0.1) is 0 Å². The summed E-state index contributed by atoms with van der Waals surface area (Å²) >= 11 is 0. The lowest BCUT2D eigenvalue weighted by Crippen LogP contribution is -2.14. The Hall–Kier alpha value is -2.67. The topological polar surface area (TPSA) is 84.8 Å². The number of benzene rings is 1. The monoisotopic (exact) mass is 351 g/mol. The Labute approximate surface area is 150 Å². The fourth-order valence-corrected chi connectivity index (χ4v) is 3.77. The summed E-state index contributed by atoms with van der Waals surface area (Å²) in [5.41, 5.74) is 3.75. The maximum Gasteiger partial charge on any atom is 0.228 e. The largest absolute Gasteiger partial charge is 0.370 e. The highest BCUT2D eigenvalue weighted by Gasteiger charge is 2.44. The van der Waals surface area contributed by atoms with Crippen molar-refractivity contribution in [3.8, 4) is 0 Å². The molecule has 0 bridgehead atoms. The van der Waals surface area contributed by atoms with Gasteiger partial charge >= 0.3 is 0 Å². The van der Waals surface area contributed by atoms with Crippen LogP contribution in [0.2, 0.25) is 0 Å². The number of imidazole rings is 1. The highest BCUT2D eigenvalue weighted by Crippen LogP contribution is 2.47. The van der Waals surface area contributed by atoms with Crippen molar-refractivity contribution >= 4 is 22.6 Å². The molecule has 3 unspecified atom stereocenters. The molecule has 2 aliphatic rings. The summed E-state index contributed by atoms with van der Waals surface area (Å²) in [7, 11) is 1.89. The van der Waals surface area contributed by atoms with Crippen molar-refractivity contribution in [3.05, 3.63) is 42.0 Å². The first-order valence-corrected chi connectivity index (χ1v) is 9.08. The minimum Gasteiger partial charge on any atom is -0.370 e. The van der Waals surface area contributed by atoms with Crippen molar-refractivity contribution in [2.45, 2.75) is 31.3 Å². The fraction of sp³-hybridized carbons (Fsp3) is 0.421. The normalized spacial score (nSPS) is 24.9. The van der Waals surface area contributed by atoms with Crippen LogP contribution in [0.25, 0.3) is 11.0 Å². The zero-order valence-electron chi connectivity index (χ0n) is 14.6. The molecule has 1 aliphatic heterocycles. The number of aromatic amines is 1. The van der Waals surface area contributed by atoms with E-state index in [-0.39, 0.29) is 23.8 Å². The van der Waals surface area contributed by atoms with Crippen molar-refractivity contribution in [1.82, 2.24) is 19.7 Å². The van der Waals surface area contributed by atoms with Crippen LogP contribution in [-0.2, 0) is 16.6 Å². The standard InChI is InChI=1S/C19H21N5O2/c1-24-10-11(9-20-24)13-8-14(13)19(25)21-12-4-5-15-16(7-12)23-18(22-15)17-3-2-6-26-17/h4-5,7,9-10,13-14,17H,2-3,6,8H2,1H3,(H,21,25)(H,22,23). The number of aromatic nitrogens is 4. The van der Waals surface area contributed by atoms with E-state index in [2.05, 4.69) is 20.4 Å². The molecular formula is C19H21N5O2. The van der Waals surface area contributed by atoms with Gasteiger partial charge in [-0.1, -0.05) is 0 Å². The molecule has 1 aromatic carbocycles. The molecule has 2 N–H and O–H groups in total. The van der Waals surface area contributed by atoms with Gasteiger partial charge in [-0.25, -0.2) is 4.98 Å². The van der Waals surface area contributed by atoms with Gasteiger partial charge in [0.15, 0.2) is 0 Å². The summed E-state index contributed by atoms with van der Waals surface area (Å²) in [6, 6.07) is 5.79. The summed E-state index contributed by atoms with van der Waals surface area (Å²) in [5.74, 6) is 1.25. The number of carbonyl (C=O) groups excluding carboxylic acids is 1. The number of aryl methyl sites for hydroxylation is 1. The summed E-state index contributed by atoms with van der Waals surface area (Å²) in [6.45, 7) is 0.794. The Balaban J connectivity index is 1.29. The first kappa shape index (κ1) is 15.6. The third-order valence-electron chi connectivity index (χ3n) is 5.28. The van der Waals surface area contributed by atoms with Crippen LogP contribution < -0.4 is 5.32 Å². The van der Waals surface area contributed by atoms with Crippen LogP contribution in [0.1, 0.15) is 42.7 Å². The average Bonchev–Trinajstić information content (AvgIpc) is 3.00. The molecular weight excluding hydrogens is 330 g/mol. The van der Waals surface area contributed by atoms with Crippen molar-refractivity contribution in [2.24, 2.45) is 13.0 Å². The first-order valence-electron chi connectivity index (χ1n) is 9.08. The zero-order chi connectivity index (χ0) is 17.7. The number of ether oxygens (including phenoxy) is 1. The molecule has 0 spiro atoms. The molecule has 3 atom stereocenters. The van der Waals surface area contributed by atoms with Gasteiger partial charge in [0.25, 0.3) is 0 Å². The van der Waals surface area contributed by atoms with Crippen LogP contribution in [0.3, 0.4) is 0 Å². The molecule has 3 aromatic rings. The molecule has 0 radical (unpaired) electrons. The number of rotatable bonds is 4. The molecule has 134 valence electrons. The minimum atomic E-state index is 0.0270. The lowest BCUT2D eigenvalue weighted by molar-refractivity contribution is -0.117. The van der Waals surface area contributed by atoms with Crippen LogP contribution in [0, 0.1) is 5.92 Å². The van der Waals surface area contributed by atoms with E-state index in [1.165, 1.54) is 0 Å². The SMILES string of the molecule is Cn1cc(C2CC2C(=O)Nc2ccc3nc(C4CCCO4)[nH]c3c2)cn1.